The first-order valence-electron chi connectivity index (χ1n) is 6.85. The molecule has 0 aliphatic heterocycles. The molecule has 0 saturated heterocycles. The molecule has 0 fully saturated rings. The van der Waals surface area contributed by atoms with Gasteiger partial charge in [0.05, 0.1) is 5.70 Å². The molecule has 0 saturated carbocycles. The second-order valence-corrected chi connectivity index (χ2v) is 5.85. The van der Waals surface area contributed by atoms with Gasteiger partial charge in [-0.2, -0.15) is 0 Å². The van der Waals surface area contributed by atoms with Gasteiger partial charge >= 0.3 is 0 Å². The van der Waals surface area contributed by atoms with Gasteiger partial charge in [0.1, 0.15) is 7.85 Å². The Bertz CT molecular complexity index is 469. The third kappa shape index (κ3) is 5.38. The van der Waals surface area contributed by atoms with Crippen molar-refractivity contribution in [1.29, 1.82) is 0 Å². The molecule has 0 atom stereocenters. The summed E-state index contributed by atoms with van der Waals surface area (Å²) in [5.74, 6) is 6.33. The number of nitrogens with one attached hydrogen (secondary N) is 1. The molecule has 2 radical (unpaired) electrons. The molecule has 0 aromatic heterocycles. The van der Waals surface area contributed by atoms with E-state index in [4.69, 9.17) is 7.85 Å². The van der Waals surface area contributed by atoms with Crippen molar-refractivity contribution in [2.24, 2.45) is 5.41 Å². The number of carbonyl (C=O) groups is 1. The van der Waals surface area contributed by atoms with Crippen LogP contribution in [0.2, 0.25) is 0 Å². The lowest BCUT2D eigenvalue weighted by atomic mass is 9.81. The fourth-order valence-electron chi connectivity index (χ4n) is 1.72. The SMILES string of the molecule is [B]C1=C(C#CC(C)(C)C)C(NC(=O)CCC)=CCC1. The summed E-state index contributed by atoms with van der Waals surface area (Å²) < 4.78 is 0. The first-order valence-corrected chi connectivity index (χ1v) is 6.85. The van der Waals surface area contributed by atoms with E-state index in [-0.39, 0.29) is 11.3 Å². The number of hydrogen-bond acceptors (Lipinski definition) is 1. The van der Waals surface area contributed by atoms with Gasteiger partial charge in [0, 0.05) is 17.4 Å². The molecule has 1 amide bonds. The van der Waals surface area contributed by atoms with Gasteiger partial charge in [0.25, 0.3) is 0 Å². The summed E-state index contributed by atoms with van der Waals surface area (Å²) in [7, 11) is 6.03. The molecule has 0 aromatic rings. The Labute approximate surface area is 118 Å². The monoisotopic (exact) mass is 255 g/mol. The van der Waals surface area contributed by atoms with Crippen molar-refractivity contribution in [2.45, 2.75) is 53.4 Å². The van der Waals surface area contributed by atoms with Crippen molar-refractivity contribution in [3.8, 4) is 11.8 Å². The summed E-state index contributed by atoms with van der Waals surface area (Å²) in [6.07, 6.45) is 5.03. The lowest BCUT2D eigenvalue weighted by Crippen LogP contribution is -2.25. The molecule has 1 N–H and O–H groups in total. The molecule has 2 nitrogen and oxygen atoms in total. The molecule has 3 heteroatoms. The summed E-state index contributed by atoms with van der Waals surface area (Å²) in [5.41, 5.74) is 2.25. The predicted octanol–water partition coefficient (Wildman–Crippen LogP) is 3.05. The maximum atomic E-state index is 11.7. The van der Waals surface area contributed by atoms with E-state index in [1.165, 1.54) is 0 Å². The second-order valence-electron chi connectivity index (χ2n) is 5.85. The van der Waals surface area contributed by atoms with E-state index in [2.05, 4.69) is 37.9 Å². The molecule has 0 bridgehead atoms. The molecular formula is C16H22BNO. The lowest BCUT2D eigenvalue weighted by molar-refractivity contribution is -0.120. The highest BCUT2D eigenvalue weighted by atomic mass is 16.1. The Morgan fingerprint density at radius 2 is 2.16 bits per heavy atom. The molecule has 1 aliphatic rings. The summed E-state index contributed by atoms with van der Waals surface area (Å²) in [6.45, 7) is 8.15. The number of allylic oxidation sites excluding steroid dienone is 3. The molecular weight excluding hydrogens is 233 g/mol. The minimum atomic E-state index is -0.0801. The smallest absolute Gasteiger partial charge is 0.224 e. The normalized spacial score (nSPS) is 15.5. The number of rotatable bonds is 3. The van der Waals surface area contributed by atoms with E-state index >= 15 is 0 Å². The van der Waals surface area contributed by atoms with E-state index in [1.54, 1.807) is 0 Å². The van der Waals surface area contributed by atoms with Crippen LogP contribution in [0.3, 0.4) is 0 Å². The van der Waals surface area contributed by atoms with Crippen LogP contribution in [0.4, 0.5) is 0 Å². The van der Waals surface area contributed by atoms with Crippen LogP contribution in [0.5, 0.6) is 0 Å². The van der Waals surface area contributed by atoms with Gasteiger partial charge in [-0.3, -0.25) is 4.79 Å². The summed E-state index contributed by atoms with van der Waals surface area (Å²) in [6, 6.07) is 0. The molecule has 0 heterocycles. The highest BCUT2D eigenvalue weighted by molar-refractivity contribution is 6.23. The van der Waals surface area contributed by atoms with Gasteiger partial charge in [-0.1, -0.05) is 30.3 Å². The fraction of sp³-hybridized carbons (Fsp3) is 0.562. The topological polar surface area (TPSA) is 29.1 Å². The van der Waals surface area contributed by atoms with Gasteiger partial charge in [0.15, 0.2) is 0 Å². The Morgan fingerprint density at radius 1 is 1.47 bits per heavy atom. The third-order valence-electron chi connectivity index (χ3n) is 2.67. The molecule has 19 heavy (non-hydrogen) atoms. The molecule has 0 spiro atoms. The van der Waals surface area contributed by atoms with Gasteiger partial charge in [-0.05, 0) is 40.0 Å². The number of carbonyl (C=O) groups excluding carboxylic acids is 1. The number of hydrogen-bond donors (Lipinski definition) is 1. The largest absolute Gasteiger partial charge is 0.325 e. The molecule has 100 valence electrons. The van der Waals surface area contributed by atoms with E-state index in [0.717, 1.165) is 36.0 Å². The number of amides is 1. The van der Waals surface area contributed by atoms with Gasteiger partial charge in [0.2, 0.25) is 5.91 Å². The standard InChI is InChI=1S/C16H22BNO/c1-5-7-15(19)18-14-9-6-8-13(17)12(14)10-11-16(2,3)4/h9H,5-8H2,1-4H3,(H,18,19). The third-order valence-corrected chi connectivity index (χ3v) is 2.67. The minimum absolute atomic E-state index is 0.0264. The van der Waals surface area contributed by atoms with Crippen molar-refractivity contribution < 1.29 is 4.79 Å². The van der Waals surface area contributed by atoms with Crippen LogP contribution in [0.15, 0.2) is 22.8 Å². The molecule has 1 aliphatic carbocycles. The van der Waals surface area contributed by atoms with Crippen LogP contribution >= 0.6 is 0 Å². The average molecular weight is 255 g/mol. The molecule has 0 aromatic carbocycles. The quantitative estimate of drug-likeness (QED) is 0.609. The van der Waals surface area contributed by atoms with Crippen molar-refractivity contribution in [1.82, 2.24) is 5.32 Å². The summed E-state index contributed by atoms with van der Waals surface area (Å²) in [4.78, 5) is 11.7. The van der Waals surface area contributed by atoms with E-state index in [1.807, 2.05) is 13.0 Å². The fourth-order valence-corrected chi connectivity index (χ4v) is 1.72. The zero-order valence-corrected chi connectivity index (χ0v) is 12.4. The van der Waals surface area contributed by atoms with E-state index in [9.17, 15) is 4.79 Å². The Kier molecular flexibility index (Phi) is 5.48. The van der Waals surface area contributed by atoms with Crippen molar-refractivity contribution in [3.63, 3.8) is 0 Å². The minimum Gasteiger partial charge on any atom is -0.325 e. The molecule has 0 unspecified atom stereocenters. The Balaban J connectivity index is 2.92. The summed E-state index contributed by atoms with van der Waals surface area (Å²) >= 11 is 0. The summed E-state index contributed by atoms with van der Waals surface area (Å²) in [5, 5.41) is 2.92. The van der Waals surface area contributed by atoms with Crippen LogP contribution in [0.1, 0.15) is 53.4 Å². The maximum Gasteiger partial charge on any atom is 0.224 e. The average Bonchev–Trinajstić information content (AvgIpc) is 2.27. The Morgan fingerprint density at radius 3 is 2.74 bits per heavy atom. The molecule has 1 rings (SSSR count). The maximum absolute atomic E-state index is 11.7. The lowest BCUT2D eigenvalue weighted by Gasteiger charge is -2.18. The zero-order valence-electron chi connectivity index (χ0n) is 12.4. The highest BCUT2D eigenvalue weighted by Gasteiger charge is 2.14. The van der Waals surface area contributed by atoms with E-state index in [0.29, 0.717) is 6.42 Å². The van der Waals surface area contributed by atoms with Crippen molar-refractivity contribution >= 4 is 13.8 Å². The first-order chi connectivity index (χ1) is 8.83. The van der Waals surface area contributed by atoms with Crippen LogP contribution in [0, 0.1) is 17.3 Å². The van der Waals surface area contributed by atoms with Gasteiger partial charge in [-0.25, -0.2) is 0 Å². The zero-order chi connectivity index (χ0) is 14.5. The van der Waals surface area contributed by atoms with Gasteiger partial charge < -0.3 is 5.32 Å². The van der Waals surface area contributed by atoms with Crippen molar-refractivity contribution in [3.05, 3.63) is 22.8 Å². The van der Waals surface area contributed by atoms with Crippen LogP contribution in [-0.4, -0.2) is 13.8 Å². The second kappa shape index (κ2) is 6.66. The van der Waals surface area contributed by atoms with Crippen LogP contribution in [-0.2, 0) is 4.79 Å². The predicted molar refractivity (Wildman–Crippen MR) is 80.4 cm³/mol. The van der Waals surface area contributed by atoms with E-state index < -0.39 is 0 Å². The first kappa shape index (κ1) is 15.6. The highest BCUT2D eigenvalue weighted by Crippen LogP contribution is 2.22. The van der Waals surface area contributed by atoms with Crippen molar-refractivity contribution in [2.75, 3.05) is 0 Å². The van der Waals surface area contributed by atoms with Crippen LogP contribution < -0.4 is 5.32 Å². The van der Waals surface area contributed by atoms with Crippen LogP contribution in [0.25, 0.3) is 0 Å². The van der Waals surface area contributed by atoms with Gasteiger partial charge in [-0.15, -0.1) is 0 Å². The Hall–Kier alpha value is -1.43.